The number of hydrogen-bond acceptors (Lipinski definition) is 6. The van der Waals surface area contributed by atoms with Crippen LogP contribution in [0.25, 0.3) is 6.08 Å². The number of hydrogen-bond donors (Lipinski definition) is 0. The summed E-state index contributed by atoms with van der Waals surface area (Å²) >= 11 is 7.98. The largest absolute Gasteiger partial charge is 0.469 e. The standard InChI is InChI=1S/C12H11NO3S3/c1-16-10(14)4-5-13-11(15)9(19-12(13)17)7-8-3-2-6-18-8/h2-3,6-7H,4-5H2,1H3/b9-7-. The quantitative estimate of drug-likeness (QED) is 0.485. The Balaban J connectivity index is 2.06. The van der Waals surface area contributed by atoms with E-state index in [0.717, 1.165) is 4.88 Å². The van der Waals surface area contributed by atoms with E-state index >= 15 is 0 Å². The molecule has 0 unspecified atom stereocenters. The van der Waals surface area contributed by atoms with Gasteiger partial charge in [0, 0.05) is 11.4 Å². The van der Waals surface area contributed by atoms with Crippen LogP contribution in [0.1, 0.15) is 11.3 Å². The van der Waals surface area contributed by atoms with E-state index < -0.39 is 0 Å². The lowest BCUT2D eigenvalue weighted by Gasteiger charge is -2.12. The molecule has 0 aliphatic carbocycles. The van der Waals surface area contributed by atoms with Crippen LogP contribution in [0.3, 0.4) is 0 Å². The molecule has 0 N–H and O–H groups in total. The van der Waals surface area contributed by atoms with Crippen molar-refractivity contribution in [2.75, 3.05) is 13.7 Å². The summed E-state index contributed by atoms with van der Waals surface area (Å²) in [4.78, 5) is 26.3. The fourth-order valence-corrected chi connectivity index (χ4v) is 3.53. The van der Waals surface area contributed by atoms with Crippen molar-refractivity contribution in [2.45, 2.75) is 6.42 Å². The van der Waals surface area contributed by atoms with E-state index in [2.05, 4.69) is 4.74 Å². The summed E-state index contributed by atoms with van der Waals surface area (Å²) < 4.78 is 5.04. The molecule has 0 aromatic carbocycles. The highest BCUT2D eigenvalue weighted by atomic mass is 32.2. The van der Waals surface area contributed by atoms with Crippen LogP contribution in [0, 0.1) is 0 Å². The highest BCUT2D eigenvalue weighted by Gasteiger charge is 2.32. The fraction of sp³-hybridized carbons (Fsp3) is 0.250. The van der Waals surface area contributed by atoms with Crippen LogP contribution < -0.4 is 0 Å². The van der Waals surface area contributed by atoms with Crippen molar-refractivity contribution in [3.05, 3.63) is 27.3 Å². The van der Waals surface area contributed by atoms with E-state index in [4.69, 9.17) is 12.2 Å². The normalized spacial score (nSPS) is 17.3. The van der Waals surface area contributed by atoms with Gasteiger partial charge in [0.1, 0.15) is 4.32 Å². The van der Waals surface area contributed by atoms with Crippen LogP contribution in [-0.2, 0) is 14.3 Å². The third-order valence-electron chi connectivity index (χ3n) is 2.46. The lowest BCUT2D eigenvalue weighted by molar-refractivity contribution is -0.140. The molecule has 1 aliphatic heterocycles. The Bertz CT molecular complexity index is 536. The number of carbonyl (C=O) groups is 2. The van der Waals surface area contributed by atoms with Crippen molar-refractivity contribution in [1.82, 2.24) is 4.90 Å². The van der Waals surface area contributed by atoms with Crippen molar-refractivity contribution in [3.8, 4) is 0 Å². The third-order valence-corrected chi connectivity index (χ3v) is 4.65. The molecule has 0 atom stereocenters. The third kappa shape index (κ3) is 3.43. The molecule has 2 rings (SSSR count). The predicted octanol–water partition coefficient (Wildman–Crippen LogP) is 2.51. The second-order valence-electron chi connectivity index (χ2n) is 3.67. The molecule has 1 fully saturated rings. The summed E-state index contributed by atoms with van der Waals surface area (Å²) in [7, 11) is 1.32. The Morgan fingerprint density at radius 1 is 1.58 bits per heavy atom. The van der Waals surface area contributed by atoms with Gasteiger partial charge in [0.2, 0.25) is 0 Å². The minimum absolute atomic E-state index is 0.146. The van der Waals surface area contributed by atoms with E-state index in [1.165, 1.54) is 23.8 Å². The summed E-state index contributed by atoms with van der Waals surface area (Å²) in [6, 6.07) is 3.86. The number of thioether (sulfide) groups is 1. The molecule has 1 aromatic rings. The van der Waals surface area contributed by atoms with E-state index in [-0.39, 0.29) is 24.8 Å². The molecule has 0 saturated carbocycles. The summed E-state index contributed by atoms with van der Waals surface area (Å²) in [5.41, 5.74) is 0. The van der Waals surface area contributed by atoms with Gasteiger partial charge < -0.3 is 4.74 Å². The Hall–Kier alpha value is -1.18. The van der Waals surface area contributed by atoms with Gasteiger partial charge in [0.15, 0.2) is 0 Å². The first-order chi connectivity index (χ1) is 9.11. The Kier molecular flexibility index (Phi) is 4.73. The number of thiocarbonyl (C=S) groups is 1. The van der Waals surface area contributed by atoms with Crippen LogP contribution in [0.15, 0.2) is 22.4 Å². The topological polar surface area (TPSA) is 46.6 Å². The summed E-state index contributed by atoms with van der Waals surface area (Å²) in [5, 5.41) is 1.95. The number of carbonyl (C=O) groups excluding carboxylic acids is 2. The lowest BCUT2D eigenvalue weighted by atomic mass is 10.3. The average Bonchev–Trinajstić information content (AvgIpc) is 2.98. The van der Waals surface area contributed by atoms with Gasteiger partial charge in [-0.25, -0.2) is 0 Å². The smallest absolute Gasteiger partial charge is 0.307 e. The minimum Gasteiger partial charge on any atom is -0.469 e. The van der Waals surface area contributed by atoms with Gasteiger partial charge in [-0.05, 0) is 17.5 Å². The van der Waals surface area contributed by atoms with Crippen molar-refractivity contribution in [1.29, 1.82) is 0 Å². The van der Waals surface area contributed by atoms with Crippen molar-refractivity contribution in [2.24, 2.45) is 0 Å². The second-order valence-corrected chi connectivity index (χ2v) is 6.33. The predicted molar refractivity (Wildman–Crippen MR) is 80.8 cm³/mol. The molecule has 0 bridgehead atoms. The van der Waals surface area contributed by atoms with Gasteiger partial charge >= 0.3 is 5.97 Å². The van der Waals surface area contributed by atoms with Crippen LogP contribution in [0.4, 0.5) is 0 Å². The van der Waals surface area contributed by atoms with Crippen LogP contribution >= 0.6 is 35.3 Å². The monoisotopic (exact) mass is 313 g/mol. The van der Waals surface area contributed by atoms with Crippen LogP contribution in [0.5, 0.6) is 0 Å². The molecule has 0 radical (unpaired) electrons. The molecule has 2 heterocycles. The number of rotatable bonds is 4. The highest BCUT2D eigenvalue weighted by molar-refractivity contribution is 8.26. The molecular formula is C12H11NO3S3. The lowest BCUT2D eigenvalue weighted by Crippen LogP contribution is -2.30. The summed E-state index contributed by atoms with van der Waals surface area (Å²) in [6.45, 7) is 0.263. The van der Waals surface area contributed by atoms with E-state index in [1.54, 1.807) is 11.3 Å². The molecule has 100 valence electrons. The zero-order valence-electron chi connectivity index (χ0n) is 10.1. The zero-order chi connectivity index (χ0) is 13.8. The maximum Gasteiger partial charge on any atom is 0.307 e. The molecule has 1 aliphatic rings. The van der Waals surface area contributed by atoms with Gasteiger partial charge in [-0.1, -0.05) is 30.0 Å². The van der Waals surface area contributed by atoms with Gasteiger partial charge in [0.05, 0.1) is 18.4 Å². The van der Waals surface area contributed by atoms with Gasteiger partial charge in [-0.3, -0.25) is 14.5 Å². The SMILES string of the molecule is COC(=O)CCN1C(=O)/C(=C/c2cccs2)SC1=S. The maximum absolute atomic E-state index is 12.1. The molecule has 4 nitrogen and oxygen atoms in total. The minimum atomic E-state index is -0.351. The zero-order valence-corrected chi connectivity index (χ0v) is 12.6. The Morgan fingerprint density at radius 2 is 2.37 bits per heavy atom. The molecular weight excluding hydrogens is 302 g/mol. The molecule has 0 spiro atoms. The van der Waals surface area contributed by atoms with E-state index in [0.29, 0.717) is 9.23 Å². The van der Waals surface area contributed by atoms with Gasteiger partial charge in [-0.15, -0.1) is 11.3 Å². The van der Waals surface area contributed by atoms with E-state index in [9.17, 15) is 9.59 Å². The first-order valence-electron chi connectivity index (χ1n) is 5.47. The number of ether oxygens (including phenoxy) is 1. The Labute approximate surface area is 124 Å². The first kappa shape index (κ1) is 14.2. The summed E-state index contributed by atoms with van der Waals surface area (Å²) in [5.74, 6) is -0.497. The molecule has 1 amide bonds. The highest BCUT2D eigenvalue weighted by Crippen LogP contribution is 2.33. The fourth-order valence-electron chi connectivity index (χ4n) is 1.50. The van der Waals surface area contributed by atoms with Gasteiger partial charge in [0.25, 0.3) is 5.91 Å². The maximum atomic E-state index is 12.1. The molecule has 19 heavy (non-hydrogen) atoms. The summed E-state index contributed by atoms with van der Waals surface area (Å²) in [6.07, 6.45) is 1.97. The van der Waals surface area contributed by atoms with Crippen molar-refractivity contribution < 1.29 is 14.3 Å². The molecule has 7 heteroatoms. The molecule has 1 aromatic heterocycles. The number of methoxy groups -OCH3 is 1. The molecule has 1 saturated heterocycles. The number of esters is 1. The number of thiophene rings is 1. The van der Waals surface area contributed by atoms with Crippen LogP contribution in [-0.4, -0.2) is 34.8 Å². The van der Waals surface area contributed by atoms with Gasteiger partial charge in [-0.2, -0.15) is 0 Å². The average molecular weight is 313 g/mol. The van der Waals surface area contributed by atoms with E-state index in [1.807, 2.05) is 23.6 Å². The number of nitrogens with zero attached hydrogens (tertiary/aromatic N) is 1. The first-order valence-corrected chi connectivity index (χ1v) is 7.58. The second kappa shape index (κ2) is 6.31. The number of amides is 1. The van der Waals surface area contributed by atoms with Crippen molar-refractivity contribution in [3.63, 3.8) is 0 Å². The Morgan fingerprint density at radius 3 is 3.00 bits per heavy atom. The van der Waals surface area contributed by atoms with Crippen LogP contribution in [0.2, 0.25) is 0 Å². The van der Waals surface area contributed by atoms with Crippen molar-refractivity contribution >= 4 is 57.6 Å².